The van der Waals surface area contributed by atoms with Crippen molar-refractivity contribution in [1.29, 1.82) is 0 Å². The maximum atomic E-state index is 13.8. The number of hydrogen-bond acceptors (Lipinski definition) is 4. The Morgan fingerprint density at radius 3 is 2.32 bits per heavy atom. The Morgan fingerprint density at radius 2 is 1.68 bits per heavy atom. The fourth-order valence-electron chi connectivity index (χ4n) is 3.27. The van der Waals surface area contributed by atoms with Gasteiger partial charge in [0.05, 0.1) is 23.4 Å². The number of ether oxygens (including phenoxy) is 1. The highest BCUT2D eigenvalue weighted by atomic mass is 35.5. The summed E-state index contributed by atoms with van der Waals surface area (Å²) in [6.07, 6.45) is 0. The van der Waals surface area contributed by atoms with Crippen molar-refractivity contribution in [2.24, 2.45) is 0 Å². The van der Waals surface area contributed by atoms with Gasteiger partial charge in [0.1, 0.15) is 17.3 Å². The van der Waals surface area contributed by atoms with Crippen molar-refractivity contribution in [3.8, 4) is 5.75 Å². The summed E-state index contributed by atoms with van der Waals surface area (Å²) in [5.41, 5.74) is 1.28. The van der Waals surface area contributed by atoms with Crippen LogP contribution in [0, 0.1) is 5.82 Å². The standard InChI is InChI=1S/C23H15Cl2FN2O3/c1-31-19-10-9-16(12-18(19)25)27-21-20(13-5-7-14(24)8-6-13)22(29)28(23(21)30)17-4-2-3-15(26)11-17/h2-12,27H,1H3. The molecule has 5 nitrogen and oxygen atoms in total. The molecular formula is C23H15Cl2FN2O3. The predicted molar refractivity (Wildman–Crippen MR) is 119 cm³/mol. The number of imide groups is 1. The summed E-state index contributed by atoms with van der Waals surface area (Å²) >= 11 is 12.2. The number of hydrogen-bond donors (Lipinski definition) is 1. The number of methoxy groups -OCH3 is 1. The van der Waals surface area contributed by atoms with Crippen molar-refractivity contribution >= 4 is 52.0 Å². The van der Waals surface area contributed by atoms with Crippen LogP contribution in [0.25, 0.3) is 5.57 Å². The number of carbonyl (C=O) groups excluding carboxylic acids is 2. The molecule has 0 spiro atoms. The minimum atomic E-state index is -0.618. The minimum absolute atomic E-state index is 0.0396. The maximum absolute atomic E-state index is 13.8. The second kappa shape index (κ2) is 8.41. The van der Waals surface area contributed by atoms with Crippen LogP contribution < -0.4 is 15.0 Å². The molecular weight excluding hydrogens is 442 g/mol. The minimum Gasteiger partial charge on any atom is -0.495 e. The van der Waals surface area contributed by atoms with E-state index in [9.17, 15) is 14.0 Å². The lowest BCUT2D eigenvalue weighted by molar-refractivity contribution is -0.120. The summed E-state index contributed by atoms with van der Waals surface area (Å²) in [6, 6.07) is 16.7. The van der Waals surface area contributed by atoms with Gasteiger partial charge in [-0.05, 0) is 54.1 Å². The van der Waals surface area contributed by atoms with Crippen molar-refractivity contribution in [2.45, 2.75) is 0 Å². The van der Waals surface area contributed by atoms with Gasteiger partial charge in [0, 0.05) is 10.7 Å². The second-order valence-corrected chi connectivity index (χ2v) is 7.50. The highest BCUT2D eigenvalue weighted by Crippen LogP contribution is 2.35. The van der Waals surface area contributed by atoms with E-state index >= 15 is 0 Å². The zero-order valence-corrected chi connectivity index (χ0v) is 17.7. The molecule has 0 aromatic heterocycles. The molecule has 0 atom stereocenters. The van der Waals surface area contributed by atoms with Crippen molar-refractivity contribution in [3.63, 3.8) is 0 Å². The number of anilines is 2. The fraction of sp³-hybridized carbons (Fsp3) is 0.0435. The van der Waals surface area contributed by atoms with Gasteiger partial charge in [0.15, 0.2) is 0 Å². The first-order valence-corrected chi connectivity index (χ1v) is 9.90. The first-order valence-electron chi connectivity index (χ1n) is 9.14. The lowest BCUT2D eigenvalue weighted by Crippen LogP contribution is -2.32. The molecule has 0 saturated carbocycles. The third-order valence-electron chi connectivity index (χ3n) is 4.70. The van der Waals surface area contributed by atoms with Gasteiger partial charge in [-0.2, -0.15) is 0 Å². The number of rotatable bonds is 5. The highest BCUT2D eigenvalue weighted by molar-refractivity contribution is 6.46. The van der Waals surface area contributed by atoms with Crippen molar-refractivity contribution in [2.75, 3.05) is 17.3 Å². The van der Waals surface area contributed by atoms with Crippen molar-refractivity contribution in [1.82, 2.24) is 0 Å². The molecule has 2 amide bonds. The Labute approximate surface area is 187 Å². The quantitative estimate of drug-likeness (QED) is 0.512. The van der Waals surface area contributed by atoms with E-state index in [0.29, 0.717) is 27.0 Å². The lowest BCUT2D eigenvalue weighted by Gasteiger charge is -2.15. The SMILES string of the molecule is COc1ccc(NC2=C(c3ccc(Cl)cc3)C(=O)N(c3cccc(F)c3)C2=O)cc1Cl. The molecule has 1 aliphatic rings. The number of nitrogens with one attached hydrogen (secondary N) is 1. The van der Waals surface area contributed by atoms with Gasteiger partial charge >= 0.3 is 0 Å². The van der Waals surface area contributed by atoms with E-state index in [0.717, 1.165) is 11.0 Å². The molecule has 3 aromatic carbocycles. The van der Waals surface area contributed by atoms with Crippen LogP contribution in [0.15, 0.2) is 72.4 Å². The van der Waals surface area contributed by atoms with E-state index < -0.39 is 17.6 Å². The number of nitrogens with zero attached hydrogens (tertiary/aromatic N) is 1. The number of amides is 2. The third-order valence-corrected chi connectivity index (χ3v) is 5.25. The van der Waals surface area contributed by atoms with Gasteiger partial charge in [-0.3, -0.25) is 9.59 Å². The molecule has 0 bridgehead atoms. The molecule has 0 aliphatic carbocycles. The van der Waals surface area contributed by atoms with Crippen molar-refractivity contribution in [3.05, 3.63) is 93.9 Å². The zero-order chi connectivity index (χ0) is 22.1. The lowest BCUT2D eigenvalue weighted by atomic mass is 10.0. The van der Waals surface area contributed by atoms with Crippen LogP contribution in [0.2, 0.25) is 10.0 Å². The Morgan fingerprint density at radius 1 is 0.935 bits per heavy atom. The smallest absolute Gasteiger partial charge is 0.282 e. The fourth-order valence-corrected chi connectivity index (χ4v) is 3.65. The van der Waals surface area contributed by atoms with Gasteiger partial charge in [0.2, 0.25) is 0 Å². The van der Waals surface area contributed by atoms with Crippen LogP contribution in [-0.2, 0) is 9.59 Å². The monoisotopic (exact) mass is 456 g/mol. The van der Waals surface area contributed by atoms with Crippen LogP contribution in [0.5, 0.6) is 5.75 Å². The summed E-state index contributed by atoms with van der Waals surface area (Å²) in [7, 11) is 1.49. The number of halogens is 3. The number of carbonyl (C=O) groups is 2. The molecule has 31 heavy (non-hydrogen) atoms. The highest BCUT2D eigenvalue weighted by Gasteiger charge is 2.40. The van der Waals surface area contributed by atoms with Gasteiger partial charge in [0.25, 0.3) is 11.8 Å². The largest absolute Gasteiger partial charge is 0.495 e. The molecule has 1 N–H and O–H groups in total. The number of benzene rings is 3. The van der Waals surface area contributed by atoms with E-state index in [1.165, 1.54) is 25.3 Å². The molecule has 4 rings (SSSR count). The first kappa shape index (κ1) is 20.9. The third kappa shape index (κ3) is 4.00. The maximum Gasteiger partial charge on any atom is 0.282 e. The summed E-state index contributed by atoms with van der Waals surface area (Å²) in [4.78, 5) is 27.5. The van der Waals surface area contributed by atoms with Gasteiger partial charge in [-0.25, -0.2) is 9.29 Å². The molecule has 3 aromatic rings. The topological polar surface area (TPSA) is 58.6 Å². The summed E-state index contributed by atoms with van der Waals surface area (Å²) < 4.78 is 18.9. The molecule has 1 heterocycles. The van der Waals surface area contributed by atoms with Crippen LogP contribution >= 0.6 is 23.2 Å². The van der Waals surface area contributed by atoms with Gasteiger partial charge < -0.3 is 10.1 Å². The average Bonchev–Trinajstić information content (AvgIpc) is 2.98. The summed E-state index contributed by atoms with van der Waals surface area (Å²) in [5, 5.41) is 3.81. The molecule has 8 heteroatoms. The molecule has 0 saturated heterocycles. The van der Waals surface area contributed by atoms with Crippen LogP contribution in [0.4, 0.5) is 15.8 Å². The molecule has 0 unspecified atom stereocenters. The Hall–Kier alpha value is -3.35. The molecule has 1 aliphatic heterocycles. The Kier molecular flexibility index (Phi) is 5.67. The second-order valence-electron chi connectivity index (χ2n) is 6.66. The van der Waals surface area contributed by atoms with Gasteiger partial charge in [-0.1, -0.05) is 41.4 Å². The normalized spacial score (nSPS) is 13.7. The van der Waals surface area contributed by atoms with E-state index in [4.69, 9.17) is 27.9 Å². The molecule has 0 radical (unpaired) electrons. The Bertz CT molecular complexity index is 1230. The average molecular weight is 457 g/mol. The van der Waals surface area contributed by atoms with Crippen LogP contribution in [0.1, 0.15) is 5.56 Å². The van der Waals surface area contributed by atoms with Crippen LogP contribution in [0.3, 0.4) is 0 Å². The first-order chi connectivity index (χ1) is 14.9. The van der Waals surface area contributed by atoms with E-state index in [1.54, 1.807) is 42.5 Å². The van der Waals surface area contributed by atoms with Gasteiger partial charge in [-0.15, -0.1) is 0 Å². The molecule has 156 valence electrons. The van der Waals surface area contributed by atoms with Crippen LogP contribution in [-0.4, -0.2) is 18.9 Å². The summed E-state index contributed by atoms with van der Waals surface area (Å²) in [5.74, 6) is -1.30. The van der Waals surface area contributed by atoms with Crippen molar-refractivity contribution < 1.29 is 18.7 Å². The van der Waals surface area contributed by atoms with E-state index in [-0.39, 0.29) is 17.0 Å². The van der Waals surface area contributed by atoms with E-state index in [2.05, 4.69) is 5.32 Å². The predicted octanol–water partition coefficient (Wildman–Crippen LogP) is 5.54. The Balaban J connectivity index is 1.81. The zero-order valence-electron chi connectivity index (χ0n) is 16.2. The molecule has 0 fully saturated rings. The summed E-state index contributed by atoms with van der Waals surface area (Å²) in [6.45, 7) is 0. The van der Waals surface area contributed by atoms with E-state index in [1.807, 2.05) is 0 Å².